The number of hydrogen-bond acceptors (Lipinski definition) is 4. The number of nitrogens with one attached hydrogen (secondary N) is 1. The first kappa shape index (κ1) is 18.4. The van der Waals surface area contributed by atoms with Gasteiger partial charge in [0.25, 0.3) is 0 Å². The van der Waals surface area contributed by atoms with Crippen molar-refractivity contribution in [1.29, 1.82) is 0 Å². The van der Waals surface area contributed by atoms with Crippen LogP contribution in [0.2, 0.25) is 5.02 Å². The van der Waals surface area contributed by atoms with E-state index in [4.69, 9.17) is 22.1 Å². The van der Waals surface area contributed by atoms with Crippen molar-refractivity contribution in [1.82, 2.24) is 4.90 Å². The number of nitrogens with two attached hydrogens (primary N) is 1. The van der Waals surface area contributed by atoms with Crippen molar-refractivity contribution in [2.75, 3.05) is 31.6 Å². The van der Waals surface area contributed by atoms with Crippen LogP contribution in [0.5, 0.6) is 0 Å². The molecule has 1 saturated heterocycles. The molecule has 1 fully saturated rings. The van der Waals surface area contributed by atoms with E-state index in [0.717, 1.165) is 6.07 Å². The van der Waals surface area contributed by atoms with Crippen LogP contribution >= 0.6 is 11.6 Å². The lowest BCUT2D eigenvalue weighted by Crippen LogP contribution is -2.69. The van der Waals surface area contributed by atoms with E-state index in [9.17, 15) is 14.0 Å². The molecule has 1 aliphatic heterocycles. The van der Waals surface area contributed by atoms with Gasteiger partial charge in [-0.05, 0) is 18.2 Å². The van der Waals surface area contributed by atoms with Gasteiger partial charge in [-0.2, -0.15) is 0 Å². The highest BCUT2D eigenvalue weighted by Gasteiger charge is 2.34. The van der Waals surface area contributed by atoms with Crippen LogP contribution in [0.3, 0.4) is 0 Å². The Kier molecular flexibility index (Phi) is 6.36. The van der Waals surface area contributed by atoms with Crippen molar-refractivity contribution < 1.29 is 24.5 Å². The lowest BCUT2D eigenvalue weighted by molar-refractivity contribution is -0.427. The quantitative estimate of drug-likeness (QED) is 0.724. The number of halogens is 2. The molecule has 0 bridgehead atoms. The molecular weight excluding hydrogens is 339 g/mol. The largest absolute Gasteiger partial charge is 0.448 e. The molecule has 6 N–H and O–H groups in total. The van der Waals surface area contributed by atoms with Gasteiger partial charge >= 0.3 is 6.09 Å². The van der Waals surface area contributed by atoms with Gasteiger partial charge in [0.15, 0.2) is 0 Å². The molecule has 2 unspecified atom stereocenters. The summed E-state index contributed by atoms with van der Waals surface area (Å²) in [5.41, 5.74) is 9.56. The fourth-order valence-electron chi connectivity index (χ4n) is 2.60. The molecule has 2 atom stereocenters. The second-order valence-corrected chi connectivity index (χ2v) is 6.13. The Labute approximate surface area is 144 Å². The molecule has 2 amide bonds. The topological polar surface area (TPSA) is 112 Å². The third kappa shape index (κ3) is 4.80. The van der Waals surface area contributed by atoms with E-state index in [1.165, 1.54) is 17.0 Å². The fourth-order valence-corrected chi connectivity index (χ4v) is 2.72. The van der Waals surface area contributed by atoms with Gasteiger partial charge in [-0.1, -0.05) is 11.6 Å². The number of amides is 2. The van der Waals surface area contributed by atoms with E-state index in [-0.39, 0.29) is 36.7 Å². The van der Waals surface area contributed by atoms with E-state index in [0.29, 0.717) is 18.7 Å². The predicted octanol–water partition coefficient (Wildman–Crippen LogP) is 0.445. The van der Waals surface area contributed by atoms with Crippen molar-refractivity contribution in [3.8, 4) is 0 Å². The first-order valence-corrected chi connectivity index (χ1v) is 7.99. The zero-order valence-corrected chi connectivity index (χ0v) is 13.9. The van der Waals surface area contributed by atoms with E-state index in [1.54, 1.807) is 0 Å². The number of benzene rings is 1. The highest BCUT2D eigenvalue weighted by atomic mass is 35.5. The molecule has 1 aromatic carbocycles. The summed E-state index contributed by atoms with van der Waals surface area (Å²) in [4.78, 5) is 25.8. The normalized spacial score (nSPS) is 20.6. The molecule has 0 radical (unpaired) electrons. The maximum atomic E-state index is 13.4. The molecule has 2 rings (SSSR count). The Bertz CT molecular complexity index is 616. The summed E-state index contributed by atoms with van der Waals surface area (Å²) in [5.74, 6) is -1.37. The van der Waals surface area contributed by atoms with Gasteiger partial charge in [0.2, 0.25) is 5.91 Å². The first-order chi connectivity index (χ1) is 11.4. The molecule has 9 heteroatoms. The molecule has 1 aliphatic rings. The predicted molar refractivity (Wildman–Crippen MR) is 86.8 cm³/mol. The number of rotatable bonds is 4. The lowest BCUT2D eigenvalue weighted by atomic mass is 9.94. The van der Waals surface area contributed by atoms with Gasteiger partial charge in [0.1, 0.15) is 18.5 Å². The molecular formula is C15H21ClFN4O3+. The minimum absolute atomic E-state index is 0.0164. The maximum Gasteiger partial charge on any atom is 0.410 e. The number of quaternary nitrogens is 1. The molecule has 24 heavy (non-hydrogen) atoms. The number of nitrogens with zero attached hydrogens (tertiary/aromatic N) is 1. The first-order valence-electron chi connectivity index (χ1n) is 7.61. The van der Waals surface area contributed by atoms with E-state index in [2.05, 4.69) is 11.1 Å². The van der Waals surface area contributed by atoms with Crippen LogP contribution in [-0.2, 0) is 9.53 Å². The summed E-state index contributed by atoms with van der Waals surface area (Å²) in [5, 5.41) is 2.62. The smallest absolute Gasteiger partial charge is 0.410 e. The zero-order valence-electron chi connectivity index (χ0n) is 13.1. The van der Waals surface area contributed by atoms with Crippen molar-refractivity contribution in [2.45, 2.75) is 12.5 Å². The molecule has 0 saturated carbocycles. The van der Waals surface area contributed by atoms with Crippen LogP contribution in [0.15, 0.2) is 18.2 Å². The highest BCUT2D eigenvalue weighted by molar-refractivity contribution is 6.30. The third-order valence-corrected chi connectivity index (χ3v) is 4.00. The van der Waals surface area contributed by atoms with E-state index < -0.39 is 17.8 Å². The molecule has 0 spiro atoms. The maximum absolute atomic E-state index is 13.4. The number of hydrogen-bond donors (Lipinski definition) is 3. The second-order valence-electron chi connectivity index (χ2n) is 5.72. The Morgan fingerprint density at radius 1 is 1.46 bits per heavy atom. The van der Waals surface area contributed by atoms with Crippen molar-refractivity contribution in [3.63, 3.8) is 0 Å². The fraction of sp³-hybridized carbons (Fsp3) is 0.467. The Hall–Kier alpha value is -1.90. The van der Waals surface area contributed by atoms with Gasteiger partial charge in [-0.25, -0.2) is 9.18 Å². The minimum Gasteiger partial charge on any atom is -0.448 e. The van der Waals surface area contributed by atoms with Crippen LogP contribution in [0.25, 0.3) is 0 Å². The molecule has 1 heterocycles. The summed E-state index contributed by atoms with van der Waals surface area (Å²) in [6.45, 7) is 0.998. The van der Waals surface area contributed by atoms with Crippen LogP contribution in [0.4, 0.5) is 14.9 Å². The third-order valence-electron chi connectivity index (χ3n) is 3.70. The van der Waals surface area contributed by atoms with Crippen LogP contribution in [0, 0.1) is 11.7 Å². The number of anilines is 1. The molecule has 132 valence electrons. The summed E-state index contributed by atoms with van der Waals surface area (Å²) >= 11 is 5.62. The van der Waals surface area contributed by atoms with Crippen LogP contribution in [-0.4, -0.2) is 49.2 Å². The molecule has 0 aliphatic carbocycles. The summed E-state index contributed by atoms with van der Waals surface area (Å²) in [6.07, 6.45) is 0.0203. The van der Waals surface area contributed by atoms with Gasteiger partial charge in [-0.3, -0.25) is 4.79 Å². The van der Waals surface area contributed by atoms with Gasteiger partial charge in [0, 0.05) is 25.2 Å². The Morgan fingerprint density at radius 2 is 2.21 bits per heavy atom. The number of carbonyl (C=O) groups is 2. The minimum atomic E-state index is -0.611. The Morgan fingerprint density at radius 3 is 2.88 bits per heavy atom. The van der Waals surface area contributed by atoms with Gasteiger partial charge < -0.3 is 26.4 Å². The average molecular weight is 360 g/mol. The number of ether oxygens (including phenoxy) is 1. The second kappa shape index (κ2) is 8.27. The monoisotopic (exact) mass is 359 g/mol. The van der Waals surface area contributed by atoms with E-state index >= 15 is 0 Å². The number of piperidine rings is 1. The zero-order chi connectivity index (χ0) is 17.7. The lowest BCUT2D eigenvalue weighted by Gasteiger charge is -2.33. The highest BCUT2D eigenvalue weighted by Crippen LogP contribution is 2.21. The number of carbonyl (C=O) groups excluding carboxylic acids is 2. The summed E-state index contributed by atoms with van der Waals surface area (Å²) < 4.78 is 18.4. The van der Waals surface area contributed by atoms with Crippen molar-refractivity contribution >= 4 is 29.3 Å². The standard InChI is InChI=1S/C15H20ClFN4O3/c16-12-2-1-11(6-13(12)17)20-14(22)9-5-10(19)8-21(7-9)15(23)24-4-3-18/h1-2,6,9-10H,3-5,7-8,18-19H2,(H,20,22)/p+1. The Balaban J connectivity index is 1.99. The van der Waals surface area contributed by atoms with Crippen LogP contribution < -0.4 is 16.8 Å². The van der Waals surface area contributed by atoms with E-state index in [1.807, 2.05) is 0 Å². The molecule has 1 aromatic rings. The van der Waals surface area contributed by atoms with Crippen molar-refractivity contribution in [3.05, 3.63) is 29.0 Å². The summed E-state index contributed by atoms with van der Waals surface area (Å²) in [6, 6.07) is 3.94. The van der Waals surface area contributed by atoms with Crippen LogP contribution in [0.1, 0.15) is 6.42 Å². The SMILES string of the molecule is NCCOC(=O)N1CC([NH3+])CC(C(=O)Nc2ccc(Cl)c(F)c2)C1. The number of likely N-dealkylation sites (tertiary alicyclic amines) is 1. The molecule has 0 aromatic heterocycles. The molecule has 7 nitrogen and oxygen atoms in total. The van der Waals surface area contributed by atoms with Gasteiger partial charge in [-0.15, -0.1) is 0 Å². The summed E-state index contributed by atoms with van der Waals surface area (Å²) in [7, 11) is 0. The van der Waals surface area contributed by atoms with Crippen molar-refractivity contribution in [2.24, 2.45) is 11.7 Å². The van der Waals surface area contributed by atoms with Gasteiger partial charge in [0.05, 0.1) is 17.5 Å². The average Bonchev–Trinajstić information content (AvgIpc) is 2.55.